The highest BCUT2D eigenvalue weighted by Crippen LogP contribution is 2.37. The molecule has 1 aromatic carbocycles. The van der Waals surface area contributed by atoms with E-state index in [4.69, 9.17) is 4.74 Å². The maximum Gasteiger partial charge on any atom is 0.187 e. The third-order valence-electron chi connectivity index (χ3n) is 1.97. The Hall–Kier alpha value is -1.58. The molecule has 14 heavy (non-hydrogen) atoms. The van der Waals surface area contributed by atoms with Gasteiger partial charge in [0.05, 0.1) is 7.11 Å². The summed E-state index contributed by atoms with van der Waals surface area (Å²) in [4.78, 5) is 10.4. The highest BCUT2D eigenvalue weighted by atomic mass is 16.5. The summed E-state index contributed by atoms with van der Waals surface area (Å²) in [5, 5.41) is 12.2. The van der Waals surface area contributed by atoms with Gasteiger partial charge < -0.3 is 9.84 Å². The number of nitrogens with zero attached hydrogens (tertiary/aromatic N) is 1. The predicted octanol–water partition coefficient (Wildman–Crippen LogP) is 2.75. The lowest BCUT2D eigenvalue weighted by Crippen LogP contribution is -1.88. The molecule has 0 aliphatic heterocycles. The van der Waals surface area contributed by atoms with E-state index < -0.39 is 0 Å². The van der Waals surface area contributed by atoms with Gasteiger partial charge in [-0.15, -0.1) is 4.91 Å². The highest BCUT2D eigenvalue weighted by molar-refractivity contribution is 5.60. The fourth-order valence-corrected chi connectivity index (χ4v) is 1.31. The lowest BCUT2D eigenvalue weighted by atomic mass is 10.1. The zero-order valence-corrected chi connectivity index (χ0v) is 8.28. The number of methoxy groups -OCH3 is 1. The Morgan fingerprint density at radius 3 is 2.71 bits per heavy atom. The molecule has 0 bridgehead atoms. The number of nitroso groups, excluding NO2 is 1. The Morgan fingerprint density at radius 1 is 1.50 bits per heavy atom. The van der Waals surface area contributed by atoms with Crippen molar-refractivity contribution in [2.75, 3.05) is 7.11 Å². The van der Waals surface area contributed by atoms with Gasteiger partial charge in [0.15, 0.2) is 17.2 Å². The topological polar surface area (TPSA) is 58.9 Å². The highest BCUT2D eigenvalue weighted by Gasteiger charge is 2.10. The van der Waals surface area contributed by atoms with Gasteiger partial charge in [-0.05, 0) is 29.3 Å². The predicted molar refractivity (Wildman–Crippen MR) is 54.1 cm³/mol. The van der Waals surface area contributed by atoms with E-state index in [1.165, 1.54) is 7.11 Å². The van der Waals surface area contributed by atoms with Crippen LogP contribution in [-0.2, 0) is 6.42 Å². The van der Waals surface area contributed by atoms with Crippen LogP contribution in [0.4, 0.5) is 5.69 Å². The van der Waals surface area contributed by atoms with E-state index in [9.17, 15) is 10.0 Å². The number of aryl methyl sites for hydroxylation is 1. The van der Waals surface area contributed by atoms with Gasteiger partial charge in [0, 0.05) is 0 Å². The van der Waals surface area contributed by atoms with E-state index in [2.05, 4.69) is 5.18 Å². The number of hydrogen-bond donors (Lipinski definition) is 1. The smallest absolute Gasteiger partial charge is 0.187 e. The standard InChI is InChI=1S/C10H13NO3/c1-3-4-7-5-8(11-13)10(12)9(6-7)14-2/h5-6,12H,3-4H2,1-2H3. The normalized spacial score (nSPS) is 9.86. The van der Waals surface area contributed by atoms with Crippen LogP contribution in [-0.4, -0.2) is 12.2 Å². The van der Waals surface area contributed by atoms with Crippen molar-refractivity contribution in [3.63, 3.8) is 0 Å². The van der Waals surface area contributed by atoms with Crippen LogP contribution in [0.3, 0.4) is 0 Å². The van der Waals surface area contributed by atoms with Gasteiger partial charge in [-0.25, -0.2) is 0 Å². The Kier molecular flexibility index (Phi) is 3.45. The molecule has 1 N–H and O–H groups in total. The summed E-state index contributed by atoms with van der Waals surface area (Å²) < 4.78 is 4.93. The number of aromatic hydroxyl groups is 1. The minimum atomic E-state index is -0.192. The van der Waals surface area contributed by atoms with Crippen molar-refractivity contribution in [2.45, 2.75) is 19.8 Å². The first-order valence-corrected chi connectivity index (χ1v) is 4.46. The second-order valence-electron chi connectivity index (χ2n) is 3.01. The Labute approximate surface area is 82.5 Å². The van der Waals surface area contributed by atoms with Gasteiger partial charge in [0.1, 0.15) is 0 Å². The number of hydrogen-bond acceptors (Lipinski definition) is 4. The Bertz CT molecular complexity index is 336. The average molecular weight is 195 g/mol. The van der Waals surface area contributed by atoms with Crippen LogP contribution in [0.2, 0.25) is 0 Å². The van der Waals surface area contributed by atoms with Gasteiger partial charge in [0.25, 0.3) is 0 Å². The zero-order valence-electron chi connectivity index (χ0n) is 8.28. The zero-order chi connectivity index (χ0) is 10.6. The summed E-state index contributed by atoms with van der Waals surface area (Å²) in [6, 6.07) is 3.29. The SMILES string of the molecule is CCCc1cc(N=O)c(O)c(OC)c1. The lowest BCUT2D eigenvalue weighted by molar-refractivity contribution is 0.374. The summed E-state index contributed by atoms with van der Waals surface area (Å²) >= 11 is 0. The van der Waals surface area contributed by atoms with Crippen molar-refractivity contribution in [1.29, 1.82) is 0 Å². The monoisotopic (exact) mass is 195 g/mol. The molecule has 0 atom stereocenters. The van der Waals surface area contributed by atoms with Gasteiger partial charge in [-0.3, -0.25) is 0 Å². The number of phenolic OH excluding ortho intramolecular Hbond substituents is 1. The molecule has 0 radical (unpaired) electrons. The molecule has 4 heteroatoms. The molecular formula is C10H13NO3. The molecule has 0 saturated heterocycles. The maximum atomic E-state index is 10.4. The van der Waals surface area contributed by atoms with E-state index >= 15 is 0 Å². The van der Waals surface area contributed by atoms with Crippen LogP contribution >= 0.6 is 0 Å². The molecule has 0 aliphatic rings. The molecule has 0 saturated carbocycles. The fraction of sp³-hybridized carbons (Fsp3) is 0.400. The largest absolute Gasteiger partial charge is 0.503 e. The maximum absolute atomic E-state index is 10.4. The first-order valence-electron chi connectivity index (χ1n) is 4.46. The number of rotatable bonds is 4. The summed E-state index contributed by atoms with van der Waals surface area (Å²) in [6.07, 6.45) is 1.80. The van der Waals surface area contributed by atoms with E-state index in [-0.39, 0.29) is 11.4 Å². The first kappa shape index (κ1) is 10.5. The molecule has 0 aliphatic carbocycles. The molecule has 0 fully saturated rings. The first-order chi connectivity index (χ1) is 6.72. The molecular weight excluding hydrogens is 182 g/mol. The molecule has 1 rings (SSSR count). The fourth-order valence-electron chi connectivity index (χ4n) is 1.31. The van der Waals surface area contributed by atoms with Crippen LogP contribution in [0.1, 0.15) is 18.9 Å². The van der Waals surface area contributed by atoms with Crippen molar-refractivity contribution >= 4 is 5.69 Å². The third kappa shape index (κ3) is 2.02. The molecule has 0 unspecified atom stereocenters. The molecule has 0 aromatic heterocycles. The second kappa shape index (κ2) is 4.60. The third-order valence-corrected chi connectivity index (χ3v) is 1.97. The average Bonchev–Trinajstić information content (AvgIpc) is 2.20. The van der Waals surface area contributed by atoms with Gasteiger partial charge in [0.2, 0.25) is 0 Å². The molecule has 76 valence electrons. The van der Waals surface area contributed by atoms with Crippen LogP contribution in [0.5, 0.6) is 11.5 Å². The van der Waals surface area contributed by atoms with Crippen molar-refractivity contribution in [3.05, 3.63) is 22.6 Å². The summed E-state index contributed by atoms with van der Waals surface area (Å²) in [6.45, 7) is 2.04. The minimum absolute atomic E-state index is 0.0350. The van der Waals surface area contributed by atoms with Crippen LogP contribution in [0.15, 0.2) is 17.3 Å². The number of benzene rings is 1. The number of phenols is 1. The molecule has 0 spiro atoms. The van der Waals surface area contributed by atoms with E-state index in [0.717, 1.165) is 18.4 Å². The van der Waals surface area contributed by atoms with E-state index in [1.54, 1.807) is 12.1 Å². The van der Waals surface area contributed by atoms with Crippen LogP contribution in [0, 0.1) is 4.91 Å². The van der Waals surface area contributed by atoms with Crippen molar-refractivity contribution < 1.29 is 9.84 Å². The van der Waals surface area contributed by atoms with E-state index in [1.807, 2.05) is 6.92 Å². The summed E-state index contributed by atoms with van der Waals surface area (Å²) in [5.74, 6) is 0.105. The van der Waals surface area contributed by atoms with Gasteiger partial charge >= 0.3 is 0 Å². The minimum Gasteiger partial charge on any atom is -0.503 e. The van der Waals surface area contributed by atoms with Crippen LogP contribution < -0.4 is 4.74 Å². The Balaban J connectivity index is 3.17. The molecule has 4 nitrogen and oxygen atoms in total. The van der Waals surface area contributed by atoms with Gasteiger partial charge in [-0.2, -0.15) is 0 Å². The summed E-state index contributed by atoms with van der Waals surface area (Å²) in [5.41, 5.74) is 0.976. The van der Waals surface area contributed by atoms with E-state index in [0.29, 0.717) is 5.75 Å². The van der Waals surface area contributed by atoms with Crippen molar-refractivity contribution in [1.82, 2.24) is 0 Å². The number of ether oxygens (including phenoxy) is 1. The lowest BCUT2D eigenvalue weighted by Gasteiger charge is -2.07. The molecule has 0 heterocycles. The second-order valence-corrected chi connectivity index (χ2v) is 3.01. The summed E-state index contributed by atoms with van der Waals surface area (Å²) in [7, 11) is 1.44. The van der Waals surface area contributed by atoms with Crippen molar-refractivity contribution in [2.24, 2.45) is 5.18 Å². The van der Waals surface area contributed by atoms with Crippen molar-refractivity contribution in [3.8, 4) is 11.5 Å². The molecule has 1 aromatic rings. The molecule has 0 amide bonds. The van der Waals surface area contributed by atoms with Gasteiger partial charge in [-0.1, -0.05) is 13.3 Å². The Morgan fingerprint density at radius 2 is 2.21 bits per heavy atom. The van der Waals surface area contributed by atoms with Crippen LogP contribution in [0.25, 0.3) is 0 Å². The quantitative estimate of drug-likeness (QED) is 0.751.